The van der Waals surface area contributed by atoms with Crippen molar-refractivity contribution >= 4 is 17.4 Å². The maximum atomic E-state index is 6.06. The molecule has 0 N–H and O–H groups in total. The quantitative estimate of drug-likeness (QED) is 0.712. The molecule has 0 amide bonds. The van der Waals surface area contributed by atoms with Crippen LogP contribution in [0, 0.1) is 5.92 Å². The summed E-state index contributed by atoms with van der Waals surface area (Å²) in [6.07, 6.45) is 0. The van der Waals surface area contributed by atoms with Gasteiger partial charge in [-0.15, -0.1) is 11.6 Å². The van der Waals surface area contributed by atoms with E-state index < -0.39 is 0 Å². The number of alkyl halides is 1. The van der Waals surface area contributed by atoms with E-state index in [1.54, 1.807) is 0 Å². The third-order valence-corrected chi connectivity index (χ3v) is 3.58. The zero-order valence-corrected chi connectivity index (χ0v) is 14.8. The Morgan fingerprint density at radius 1 is 1.15 bits per heavy atom. The summed E-state index contributed by atoms with van der Waals surface area (Å²) < 4.78 is 0. The standard InChI is InChI=1S/C17H29ClN2/c1-12(2)11-20(13(3)4)16-9-14(10-18)8-15(19-16)17(5,6)7/h8-9,12-13H,10-11H2,1-7H3. The highest BCUT2D eigenvalue weighted by molar-refractivity contribution is 6.17. The van der Waals surface area contributed by atoms with Gasteiger partial charge in [0.05, 0.1) is 0 Å². The lowest BCUT2D eigenvalue weighted by Gasteiger charge is -2.31. The molecular weight excluding hydrogens is 268 g/mol. The fourth-order valence-corrected chi connectivity index (χ4v) is 2.30. The van der Waals surface area contributed by atoms with Crippen molar-refractivity contribution in [2.45, 2.75) is 65.8 Å². The zero-order chi connectivity index (χ0) is 15.5. The van der Waals surface area contributed by atoms with Gasteiger partial charge in [0.25, 0.3) is 0 Å². The fourth-order valence-electron chi connectivity index (χ4n) is 2.14. The molecule has 2 nitrogen and oxygen atoms in total. The van der Waals surface area contributed by atoms with Crippen LogP contribution in [0.25, 0.3) is 0 Å². The van der Waals surface area contributed by atoms with E-state index in [2.05, 4.69) is 65.5 Å². The molecule has 114 valence electrons. The second-order valence-electron chi connectivity index (χ2n) is 7.24. The van der Waals surface area contributed by atoms with Gasteiger partial charge in [0.2, 0.25) is 0 Å². The molecule has 0 aliphatic carbocycles. The third-order valence-electron chi connectivity index (χ3n) is 3.27. The lowest BCUT2D eigenvalue weighted by atomic mass is 9.91. The highest BCUT2D eigenvalue weighted by Gasteiger charge is 2.20. The molecular formula is C17H29ClN2. The summed E-state index contributed by atoms with van der Waals surface area (Å²) in [6.45, 7) is 16.5. The largest absolute Gasteiger partial charge is 0.354 e. The van der Waals surface area contributed by atoms with Gasteiger partial charge in [-0.05, 0) is 37.5 Å². The van der Waals surface area contributed by atoms with Gasteiger partial charge < -0.3 is 4.90 Å². The van der Waals surface area contributed by atoms with Gasteiger partial charge in [-0.2, -0.15) is 0 Å². The maximum absolute atomic E-state index is 6.06. The van der Waals surface area contributed by atoms with Gasteiger partial charge in [0, 0.05) is 29.6 Å². The molecule has 0 unspecified atom stereocenters. The number of halogens is 1. The molecule has 1 aromatic rings. The van der Waals surface area contributed by atoms with Crippen LogP contribution in [0.3, 0.4) is 0 Å². The minimum Gasteiger partial charge on any atom is -0.354 e. The van der Waals surface area contributed by atoms with Crippen LogP contribution in [0.4, 0.5) is 5.82 Å². The lowest BCUT2D eigenvalue weighted by molar-refractivity contribution is 0.548. The van der Waals surface area contributed by atoms with E-state index in [1.807, 2.05) is 0 Å². The topological polar surface area (TPSA) is 16.1 Å². The fraction of sp³-hybridized carbons (Fsp3) is 0.706. The van der Waals surface area contributed by atoms with Crippen molar-refractivity contribution in [1.29, 1.82) is 0 Å². The number of rotatable bonds is 5. The van der Waals surface area contributed by atoms with E-state index in [0.29, 0.717) is 17.8 Å². The lowest BCUT2D eigenvalue weighted by Crippen LogP contribution is -2.35. The zero-order valence-electron chi connectivity index (χ0n) is 14.0. The summed E-state index contributed by atoms with van der Waals surface area (Å²) in [6, 6.07) is 4.69. The molecule has 0 aliphatic rings. The van der Waals surface area contributed by atoms with E-state index in [0.717, 1.165) is 23.6 Å². The number of nitrogens with zero attached hydrogens (tertiary/aromatic N) is 2. The smallest absolute Gasteiger partial charge is 0.129 e. The molecule has 0 spiro atoms. The highest BCUT2D eigenvalue weighted by Crippen LogP contribution is 2.26. The van der Waals surface area contributed by atoms with Gasteiger partial charge in [0.1, 0.15) is 5.82 Å². The van der Waals surface area contributed by atoms with E-state index >= 15 is 0 Å². The monoisotopic (exact) mass is 296 g/mol. The minimum absolute atomic E-state index is 0.0390. The van der Waals surface area contributed by atoms with Crippen LogP contribution in [0.1, 0.15) is 59.7 Å². The average Bonchev–Trinajstić information content (AvgIpc) is 2.33. The van der Waals surface area contributed by atoms with E-state index in [9.17, 15) is 0 Å². The molecule has 3 heteroatoms. The van der Waals surface area contributed by atoms with Crippen LogP contribution in [-0.4, -0.2) is 17.6 Å². The van der Waals surface area contributed by atoms with Crippen molar-refractivity contribution < 1.29 is 0 Å². The summed E-state index contributed by atoms with van der Waals surface area (Å²) in [5, 5.41) is 0. The summed E-state index contributed by atoms with van der Waals surface area (Å²) >= 11 is 6.06. The molecule has 0 radical (unpaired) electrons. The Labute approximate surface area is 129 Å². The van der Waals surface area contributed by atoms with E-state index in [1.165, 1.54) is 0 Å². The molecule has 0 saturated heterocycles. The van der Waals surface area contributed by atoms with Crippen LogP contribution in [0.5, 0.6) is 0 Å². The Hall–Kier alpha value is -0.760. The van der Waals surface area contributed by atoms with Crippen molar-refractivity contribution in [2.75, 3.05) is 11.4 Å². The van der Waals surface area contributed by atoms with Gasteiger partial charge >= 0.3 is 0 Å². The first kappa shape index (κ1) is 17.3. The number of aromatic nitrogens is 1. The molecule has 1 heterocycles. The van der Waals surface area contributed by atoms with Crippen molar-refractivity contribution in [2.24, 2.45) is 5.92 Å². The predicted octanol–water partition coefficient (Wildman–Crippen LogP) is 4.99. The molecule has 20 heavy (non-hydrogen) atoms. The number of pyridine rings is 1. The van der Waals surface area contributed by atoms with Gasteiger partial charge in [0.15, 0.2) is 0 Å². The first-order valence-corrected chi connectivity index (χ1v) is 8.02. The molecule has 1 aromatic heterocycles. The molecule has 0 aromatic carbocycles. The Morgan fingerprint density at radius 3 is 2.15 bits per heavy atom. The SMILES string of the molecule is CC(C)CN(c1cc(CCl)cc(C(C)(C)C)n1)C(C)C. The number of hydrogen-bond acceptors (Lipinski definition) is 2. The third kappa shape index (κ3) is 4.66. The first-order chi connectivity index (χ1) is 9.15. The highest BCUT2D eigenvalue weighted by atomic mass is 35.5. The number of anilines is 1. The molecule has 0 atom stereocenters. The van der Waals surface area contributed by atoms with Crippen LogP contribution >= 0.6 is 11.6 Å². The van der Waals surface area contributed by atoms with Crippen LogP contribution in [0.2, 0.25) is 0 Å². The molecule has 1 rings (SSSR count). The minimum atomic E-state index is 0.0390. The normalized spacial score (nSPS) is 12.3. The Balaban J connectivity index is 3.27. The van der Waals surface area contributed by atoms with Crippen LogP contribution < -0.4 is 4.90 Å². The van der Waals surface area contributed by atoms with Crippen molar-refractivity contribution in [3.05, 3.63) is 23.4 Å². The first-order valence-electron chi connectivity index (χ1n) is 7.49. The summed E-state index contributed by atoms with van der Waals surface area (Å²) in [5.41, 5.74) is 2.30. The summed E-state index contributed by atoms with van der Waals surface area (Å²) in [5.74, 6) is 2.19. The Bertz CT molecular complexity index is 433. The second kappa shape index (κ2) is 6.80. The van der Waals surface area contributed by atoms with Crippen molar-refractivity contribution in [3.63, 3.8) is 0 Å². The van der Waals surface area contributed by atoms with Gasteiger partial charge in [-0.3, -0.25) is 0 Å². The molecule has 0 fully saturated rings. The Kier molecular flexibility index (Phi) is 5.88. The maximum Gasteiger partial charge on any atom is 0.129 e. The number of hydrogen-bond donors (Lipinski definition) is 0. The predicted molar refractivity (Wildman–Crippen MR) is 89.8 cm³/mol. The van der Waals surface area contributed by atoms with E-state index in [-0.39, 0.29) is 5.41 Å². The van der Waals surface area contributed by atoms with Crippen LogP contribution in [0.15, 0.2) is 12.1 Å². The van der Waals surface area contributed by atoms with Gasteiger partial charge in [-0.25, -0.2) is 4.98 Å². The molecule has 0 bridgehead atoms. The van der Waals surface area contributed by atoms with Crippen molar-refractivity contribution in [1.82, 2.24) is 4.98 Å². The molecule has 0 aliphatic heterocycles. The van der Waals surface area contributed by atoms with Crippen LogP contribution in [-0.2, 0) is 11.3 Å². The summed E-state index contributed by atoms with van der Waals surface area (Å²) in [4.78, 5) is 7.27. The van der Waals surface area contributed by atoms with E-state index in [4.69, 9.17) is 16.6 Å². The average molecular weight is 297 g/mol. The summed E-state index contributed by atoms with van der Waals surface area (Å²) in [7, 11) is 0. The molecule has 0 saturated carbocycles. The van der Waals surface area contributed by atoms with Crippen molar-refractivity contribution in [3.8, 4) is 0 Å². The Morgan fingerprint density at radius 2 is 1.75 bits per heavy atom. The second-order valence-corrected chi connectivity index (χ2v) is 7.51. The van der Waals surface area contributed by atoms with Gasteiger partial charge in [-0.1, -0.05) is 34.6 Å².